The third kappa shape index (κ3) is 3.49. The number of rotatable bonds is 3. The zero-order valence-corrected chi connectivity index (χ0v) is 14.0. The molecule has 0 spiro atoms. The molecule has 3 rings (SSSR count). The summed E-state index contributed by atoms with van der Waals surface area (Å²) in [6.45, 7) is 0. The van der Waals surface area contributed by atoms with Crippen molar-refractivity contribution in [2.24, 2.45) is 11.0 Å². The van der Waals surface area contributed by atoms with Crippen molar-refractivity contribution >= 4 is 34.4 Å². The van der Waals surface area contributed by atoms with Gasteiger partial charge in [-0.25, -0.2) is 5.10 Å². The van der Waals surface area contributed by atoms with E-state index >= 15 is 0 Å². The van der Waals surface area contributed by atoms with Crippen LogP contribution < -0.4 is 0 Å². The Morgan fingerprint density at radius 2 is 2.14 bits per heavy atom. The monoisotopic (exact) mass is 364 g/mol. The van der Waals surface area contributed by atoms with Gasteiger partial charge in [-0.1, -0.05) is 47.3 Å². The summed E-state index contributed by atoms with van der Waals surface area (Å²) in [5, 5.41) is 11.7. The lowest BCUT2D eigenvalue weighted by atomic mass is 9.90. The summed E-state index contributed by atoms with van der Waals surface area (Å²) >= 11 is 8.77. The molecule has 0 saturated heterocycles. The van der Waals surface area contributed by atoms with E-state index in [0.717, 1.165) is 15.9 Å². The molecule has 0 radical (unpaired) electrons. The van der Waals surface area contributed by atoms with Crippen LogP contribution in [0.1, 0.15) is 32.1 Å². The molecule has 0 bridgehead atoms. The summed E-state index contributed by atoms with van der Waals surface area (Å²) < 4.78 is 3.25. The summed E-state index contributed by atoms with van der Waals surface area (Å²) in [5.41, 5.74) is 0.984. The molecule has 1 aliphatic rings. The maximum absolute atomic E-state index is 5.29. The number of aromatic nitrogens is 3. The molecule has 1 saturated carbocycles. The second-order valence-corrected chi connectivity index (χ2v) is 6.64. The van der Waals surface area contributed by atoms with Gasteiger partial charge in [0, 0.05) is 16.3 Å². The number of halogens is 1. The van der Waals surface area contributed by atoms with Gasteiger partial charge in [0.2, 0.25) is 4.77 Å². The molecule has 21 heavy (non-hydrogen) atoms. The lowest BCUT2D eigenvalue weighted by Crippen LogP contribution is -2.08. The van der Waals surface area contributed by atoms with E-state index in [4.69, 9.17) is 12.2 Å². The second kappa shape index (κ2) is 6.66. The van der Waals surface area contributed by atoms with Crippen LogP contribution in [0.2, 0.25) is 0 Å². The molecular weight excluding hydrogens is 348 g/mol. The lowest BCUT2D eigenvalue weighted by Gasteiger charge is -2.16. The van der Waals surface area contributed by atoms with Crippen LogP contribution in [0, 0.1) is 10.7 Å². The highest BCUT2D eigenvalue weighted by Gasteiger charge is 2.12. The maximum Gasteiger partial charge on any atom is 0.216 e. The van der Waals surface area contributed by atoms with Gasteiger partial charge in [0.15, 0.2) is 5.82 Å². The molecule has 1 aromatic carbocycles. The number of aromatic amines is 1. The third-order valence-corrected chi connectivity index (χ3v) is 4.53. The quantitative estimate of drug-likeness (QED) is 0.628. The lowest BCUT2D eigenvalue weighted by molar-refractivity contribution is 0.443. The Morgan fingerprint density at radius 1 is 1.33 bits per heavy atom. The molecule has 4 nitrogen and oxygen atoms in total. The van der Waals surface area contributed by atoms with Crippen LogP contribution >= 0.6 is 28.1 Å². The topological polar surface area (TPSA) is 46.0 Å². The van der Waals surface area contributed by atoms with Crippen LogP contribution in [0.3, 0.4) is 0 Å². The average molecular weight is 365 g/mol. The Kier molecular flexibility index (Phi) is 4.65. The fraction of sp³-hybridized carbons (Fsp3) is 0.400. The van der Waals surface area contributed by atoms with Crippen LogP contribution in [0.4, 0.5) is 0 Å². The van der Waals surface area contributed by atoms with Crippen LogP contribution in [-0.2, 0) is 0 Å². The summed E-state index contributed by atoms with van der Waals surface area (Å²) in [6.07, 6.45) is 8.42. The van der Waals surface area contributed by atoms with Gasteiger partial charge < -0.3 is 0 Å². The molecule has 0 unspecified atom stereocenters. The van der Waals surface area contributed by atoms with Crippen LogP contribution in [0.25, 0.3) is 11.4 Å². The zero-order chi connectivity index (χ0) is 14.7. The fourth-order valence-electron chi connectivity index (χ4n) is 2.66. The summed E-state index contributed by atoms with van der Waals surface area (Å²) in [5.74, 6) is 1.30. The Morgan fingerprint density at radius 3 is 2.90 bits per heavy atom. The molecule has 0 atom stereocenters. The first-order chi connectivity index (χ1) is 10.2. The number of nitrogens with zero attached hydrogens (tertiary/aromatic N) is 3. The smallest absolute Gasteiger partial charge is 0.216 e. The van der Waals surface area contributed by atoms with Crippen LogP contribution in [0.5, 0.6) is 0 Å². The van der Waals surface area contributed by atoms with Gasteiger partial charge in [-0.3, -0.25) is 0 Å². The Balaban J connectivity index is 1.90. The molecule has 2 aromatic rings. The molecule has 1 N–H and O–H groups in total. The van der Waals surface area contributed by atoms with Gasteiger partial charge in [-0.15, -0.1) is 0 Å². The van der Waals surface area contributed by atoms with Gasteiger partial charge in [0.25, 0.3) is 0 Å². The fourth-order valence-corrected chi connectivity index (χ4v) is 3.24. The molecule has 1 fully saturated rings. The van der Waals surface area contributed by atoms with E-state index in [1.807, 2.05) is 30.5 Å². The van der Waals surface area contributed by atoms with E-state index in [9.17, 15) is 0 Å². The van der Waals surface area contributed by atoms with Gasteiger partial charge in [0.05, 0.1) is 0 Å². The predicted octanol–water partition coefficient (Wildman–Crippen LogP) is 4.78. The normalized spacial score (nSPS) is 16.6. The SMILES string of the molecule is S=c1[nH]nc(-c2cccc(Br)c2)n1/N=C\C1CCCCC1. The molecule has 0 aliphatic heterocycles. The molecule has 1 aromatic heterocycles. The van der Waals surface area contributed by atoms with Gasteiger partial charge in [-0.2, -0.15) is 14.9 Å². The van der Waals surface area contributed by atoms with E-state index in [-0.39, 0.29) is 0 Å². The van der Waals surface area contributed by atoms with Crippen molar-refractivity contribution in [3.8, 4) is 11.4 Å². The van der Waals surface area contributed by atoms with Crippen LogP contribution in [-0.4, -0.2) is 21.1 Å². The highest BCUT2D eigenvalue weighted by molar-refractivity contribution is 9.10. The van der Waals surface area contributed by atoms with Crippen molar-refractivity contribution in [3.63, 3.8) is 0 Å². The van der Waals surface area contributed by atoms with E-state index in [0.29, 0.717) is 10.7 Å². The van der Waals surface area contributed by atoms with Crippen molar-refractivity contribution in [3.05, 3.63) is 33.5 Å². The van der Waals surface area contributed by atoms with E-state index < -0.39 is 0 Å². The summed E-state index contributed by atoms with van der Waals surface area (Å²) in [4.78, 5) is 0. The third-order valence-electron chi connectivity index (χ3n) is 3.78. The molecule has 6 heteroatoms. The van der Waals surface area contributed by atoms with Crippen molar-refractivity contribution in [2.75, 3.05) is 0 Å². The van der Waals surface area contributed by atoms with Crippen molar-refractivity contribution in [1.29, 1.82) is 0 Å². The second-order valence-electron chi connectivity index (χ2n) is 5.34. The number of nitrogens with one attached hydrogen (secondary N) is 1. The highest BCUT2D eigenvalue weighted by atomic mass is 79.9. The minimum absolute atomic E-state index is 0.525. The minimum atomic E-state index is 0.525. The standard InChI is InChI=1S/C15H17BrN4S/c16-13-8-4-7-12(9-13)14-18-19-15(21)20(14)17-10-11-5-2-1-3-6-11/h4,7-11H,1-3,5-6H2,(H,19,21)/b17-10-. The van der Waals surface area contributed by atoms with Crippen LogP contribution in [0.15, 0.2) is 33.8 Å². The molecular formula is C15H17BrN4S. The van der Waals surface area contributed by atoms with Crippen molar-refractivity contribution in [1.82, 2.24) is 14.9 Å². The number of benzene rings is 1. The first-order valence-corrected chi connectivity index (χ1v) is 8.42. The van der Waals surface area contributed by atoms with Gasteiger partial charge in [-0.05, 0) is 43.1 Å². The molecule has 0 amide bonds. The maximum atomic E-state index is 5.29. The van der Waals surface area contributed by atoms with Crippen molar-refractivity contribution < 1.29 is 0 Å². The first kappa shape index (κ1) is 14.7. The first-order valence-electron chi connectivity index (χ1n) is 7.22. The van der Waals surface area contributed by atoms with E-state index in [2.05, 4.69) is 31.2 Å². The Labute approximate surface area is 137 Å². The molecule has 1 heterocycles. The Bertz CT molecular complexity index is 698. The average Bonchev–Trinajstić information content (AvgIpc) is 2.87. The minimum Gasteiger partial charge on any atom is -0.250 e. The molecule has 110 valence electrons. The number of hydrogen-bond acceptors (Lipinski definition) is 3. The zero-order valence-electron chi connectivity index (χ0n) is 11.6. The van der Waals surface area contributed by atoms with Gasteiger partial charge >= 0.3 is 0 Å². The van der Waals surface area contributed by atoms with Crippen molar-refractivity contribution in [2.45, 2.75) is 32.1 Å². The Hall–Kier alpha value is -1.27. The summed E-state index contributed by atoms with van der Waals surface area (Å²) in [6, 6.07) is 7.98. The van der Waals surface area contributed by atoms with Gasteiger partial charge in [0.1, 0.15) is 0 Å². The number of H-pyrrole nitrogens is 1. The van der Waals surface area contributed by atoms with E-state index in [1.54, 1.807) is 4.68 Å². The highest BCUT2D eigenvalue weighted by Crippen LogP contribution is 2.23. The number of hydrogen-bond donors (Lipinski definition) is 1. The largest absolute Gasteiger partial charge is 0.250 e. The molecule has 1 aliphatic carbocycles. The summed E-state index contributed by atoms with van der Waals surface area (Å²) in [7, 11) is 0. The van der Waals surface area contributed by atoms with E-state index in [1.165, 1.54) is 32.1 Å². The predicted molar refractivity (Wildman–Crippen MR) is 91.0 cm³/mol.